The molecule has 6 rings (SSSR count). The summed E-state index contributed by atoms with van der Waals surface area (Å²) < 4.78 is 6.63. The van der Waals surface area contributed by atoms with Crippen LogP contribution in [-0.2, 0) is 18.3 Å². The maximum atomic E-state index is 6.63. The third-order valence-electron chi connectivity index (χ3n) is 10.3. The van der Waals surface area contributed by atoms with Crippen molar-refractivity contribution in [1.29, 1.82) is 0 Å². The van der Waals surface area contributed by atoms with E-state index in [1.165, 1.54) is 54.1 Å². The third-order valence-corrected chi connectivity index (χ3v) is 10.3. The van der Waals surface area contributed by atoms with E-state index in [1.807, 2.05) is 41.5 Å². The summed E-state index contributed by atoms with van der Waals surface area (Å²) in [4.78, 5) is 2.58. The standard InChI is InChI=1S/C34H39NO.C4H10.3C2H6/c1-6-13-25-18-19-28-27-15-10-12-17-30(27)36-32(28)31(25)35(20-7-2)24(5)33(8-3)22-34(33)23(4)21-26-14-9-11-16-29(26)34;1-3-4-2;3*1-2/h7,9-12,14-20,23-24H,6,8,13,21-22H2,1-5H3;3-4H2,1-2H3;3*1-2H3/b20-7-;;;;. The predicted molar refractivity (Wildman–Crippen MR) is 207 cm³/mol. The van der Waals surface area contributed by atoms with Crippen LogP contribution in [0.3, 0.4) is 0 Å². The maximum Gasteiger partial charge on any atom is 0.159 e. The van der Waals surface area contributed by atoms with E-state index in [4.69, 9.17) is 4.42 Å². The summed E-state index contributed by atoms with van der Waals surface area (Å²) in [6.07, 6.45) is 13.0. The molecular formula is C44H67NO. The molecule has 4 atom stereocenters. The van der Waals surface area contributed by atoms with Gasteiger partial charge in [-0.05, 0) is 68.2 Å². The lowest BCUT2D eigenvalue weighted by Crippen LogP contribution is -2.41. The topological polar surface area (TPSA) is 16.4 Å². The molecule has 0 saturated heterocycles. The predicted octanol–water partition coefficient (Wildman–Crippen LogP) is 14.1. The Bertz CT molecular complexity index is 1490. The van der Waals surface area contributed by atoms with Gasteiger partial charge in [-0.15, -0.1) is 0 Å². The average molecular weight is 626 g/mol. The number of benzene rings is 3. The molecule has 0 bridgehead atoms. The van der Waals surface area contributed by atoms with Crippen molar-refractivity contribution in [2.24, 2.45) is 11.3 Å². The summed E-state index contributed by atoms with van der Waals surface area (Å²) >= 11 is 0. The van der Waals surface area contributed by atoms with Crippen molar-refractivity contribution in [3.63, 3.8) is 0 Å². The van der Waals surface area contributed by atoms with Gasteiger partial charge in [0, 0.05) is 33.8 Å². The molecule has 2 aliphatic carbocycles. The van der Waals surface area contributed by atoms with Gasteiger partial charge in [0.15, 0.2) is 5.58 Å². The smallest absolute Gasteiger partial charge is 0.159 e. The Hall–Kier alpha value is -3.00. The molecule has 1 heterocycles. The van der Waals surface area contributed by atoms with E-state index in [-0.39, 0.29) is 10.8 Å². The van der Waals surface area contributed by atoms with E-state index in [2.05, 4.69) is 126 Å². The molecule has 46 heavy (non-hydrogen) atoms. The van der Waals surface area contributed by atoms with Gasteiger partial charge >= 0.3 is 0 Å². The second-order valence-corrected chi connectivity index (χ2v) is 12.3. The van der Waals surface area contributed by atoms with Crippen LogP contribution in [0.5, 0.6) is 0 Å². The molecule has 0 amide bonds. The van der Waals surface area contributed by atoms with Crippen LogP contribution in [0.1, 0.15) is 139 Å². The van der Waals surface area contributed by atoms with E-state index in [0.717, 1.165) is 24.0 Å². The fourth-order valence-corrected chi connectivity index (χ4v) is 8.03. The molecule has 4 unspecified atom stereocenters. The van der Waals surface area contributed by atoms with Crippen molar-refractivity contribution in [2.75, 3.05) is 4.90 Å². The normalized spacial score (nSPS) is 21.2. The van der Waals surface area contributed by atoms with Gasteiger partial charge in [0.1, 0.15) is 5.58 Å². The zero-order chi connectivity index (χ0) is 34.5. The Morgan fingerprint density at radius 2 is 1.46 bits per heavy atom. The van der Waals surface area contributed by atoms with Gasteiger partial charge in [-0.1, -0.05) is 156 Å². The number of furan rings is 1. The molecule has 1 spiro atoms. The second kappa shape index (κ2) is 18.4. The van der Waals surface area contributed by atoms with Gasteiger partial charge in [0.25, 0.3) is 0 Å². The summed E-state index contributed by atoms with van der Waals surface area (Å²) in [7, 11) is 0. The van der Waals surface area contributed by atoms with E-state index in [9.17, 15) is 0 Å². The number of para-hydroxylation sites is 1. The minimum Gasteiger partial charge on any atom is -0.454 e. The summed E-state index contributed by atoms with van der Waals surface area (Å²) in [5.74, 6) is 0.668. The highest BCUT2D eigenvalue weighted by Gasteiger charge is 2.73. The number of anilines is 1. The molecule has 2 nitrogen and oxygen atoms in total. The minimum atomic E-state index is 0.232. The molecule has 1 fully saturated rings. The first-order chi connectivity index (χ1) is 22.4. The molecule has 4 aromatic rings. The van der Waals surface area contributed by atoms with Gasteiger partial charge in [0.05, 0.1) is 5.69 Å². The van der Waals surface area contributed by atoms with Crippen LogP contribution < -0.4 is 4.90 Å². The van der Waals surface area contributed by atoms with Gasteiger partial charge in [-0.2, -0.15) is 0 Å². The van der Waals surface area contributed by atoms with Crippen LogP contribution in [0, 0.1) is 11.3 Å². The van der Waals surface area contributed by atoms with Crippen LogP contribution in [0.25, 0.3) is 21.9 Å². The van der Waals surface area contributed by atoms with Crippen molar-refractivity contribution >= 4 is 27.6 Å². The molecule has 0 N–H and O–H groups in total. The Balaban J connectivity index is 0.000000664. The number of aryl methyl sites for hydroxylation is 1. The summed E-state index contributed by atoms with van der Waals surface area (Å²) in [6.45, 7) is 28.2. The molecule has 3 aromatic carbocycles. The van der Waals surface area contributed by atoms with Crippen LogP contribution in [0.2, 0.25) is 0 Å². The molecule has 1 aromatic heterocycles. The van der Waals surface area contributed by atoms with Crippen molar-refractivity contribution in [3.05, 3.63) is 89.6 Å². The first-order valence-electron chi connectivity index (χ1n) is 18.9. The van der Waals surface area contributed by atoms with Crippen LogP contribution in [-0.4, -0.2) is 6.04 Å². The van der Waals surface area contributed by atoms with Crippen LogP contribution in [0.4, 0.5) is 5.69 Å². The first kappa shape index (κ1) is 39.2. The lowest BCUT2D eigenvalue weighted by atomic mass is 9.76. The van der Waals surface area contributed by atoms with E-state index in [1.54, 1.807) is 11.1 Å². The number of hydrogen-bond donors (Lipinski definition) is 0. The first-order valence-corrected chi connectivity index (χ1v) is 18.9. The van der Waals surface area contributed by atoms with E-state index >= 15 is 0 Å². The molecule has 2 heteroatoms. The maximum absolute atomic E-state index is 6.63. The molecular weight excluding hydrogens is 558 g/mol. The third kappa shape index (κ3) is 6.97. The Labute approximate surface area is 283 Å². The number of nitrogens with zero attached hydrogens (tertiary/aromatic N) is 1. The van der Waals surface area contributed by atoms with Gasteiger partial charge in [-0.25, -0.2) is 0 Å². The number of allylic oxidation sites excluding steroid dienone is 1. The van der Waals surface area contributed by atoms with Gasteiger partial charge in [0.2, 0.25) is 0 Å². The summed E-state index contributed by atoms with van der Waals surface area (Å²) in [6, 6.07) is 22.7. The average Bonchev–Trinajstić information content (AvgIpc) is 3.56. The van der Waals surface area contributed by atoms with Crippen molar-refractivity contribution < 1.29 is 4.42 Å². The van der Waals surface area contributed by atoms with Crippen molar-refractivity contribution in [2.45, 2.75) is 146 Å². The minimum absolute atomic E-state index is 0.232. The number of rotatable bonds is 8. The fourth-order valence-electron chi connectivity index (χ4n) is 8.03. The summed E-state index contributed by atoms with van der Waals surface area (Å²) in [5, 5.41) is 2.43. The lowest BCUT2D eigenvalue weighted by Gasteiger charge is -2.39. The zero-order valence-corrected chi connectivity index (χ0v) is 31.9. The van der Waals surface area contributed by atoms with Crippen molar-refractivity contribution in [1.82, 2.24) is 0 Å². The molecule has 1 saturated carbocycles. The van der Waals surface area contributed by atoms with Crippen LogP contribution in [0.15, 0.2) is 77.4 Å². The Morgan fingerprint density at radius 3 is 2.07 bits per heavy atom. The fraction of sp³-hybridized carbons (Fsp3) is 0.545. The quantitative estimate of drug-likeness (QED) is 0.194. The van der Waals surface area contributed by atoms with E-state index < -0.39 is 0 Å². The number of fused-ring (bicyclic) bond motifs is 5. The molecule has 0 aliphatic heterocycles. The number of unbranched alkanes of at least 4 members (excludes halogenated alkanes) is 1. The number of hydrogen-bond acceptors (Lipinski definition) is 2. The highest BCUT2D eigenvalue weighted by molar-refractivity contribution is 6.09. The highest BCUT2D eigenvalue weighted by atomic mass is 16.3. The monoisotopic (exact) mass is 626 g/mol. The van der Waals surface area contributed by atoms with Gasteiger partial charge < -0.3 is 9.32 Å². The molecule has 0 radical (unpaired) electrons. The Kier molecular flexibility index (Phi) is 15.6. The largest absolute Gasteiger partial charge is 0.454 e. The van der Waals surface area contributed by atoms with Gasteiger partial charge in [-0.3, -0.25) is 0 Å². The van der Waals surface area contributed by atoms with E-state index in [0.29, 0.717) is 12.0 Å². The molecule has 254 valence electrons. The van der Waals surface area contributed by atoms with Crippen LogP contribution >= 0.6 is 0 Å². The summed E-state index contributed by atoms with van der Waals surface area (Å²) in [5.41, 5.74) is 8.34. The second-order valence-electron chi connectivity index (χ2n) is 12.3. The Morgan fingerprint density at radius 1 is 0.826 bits per heavy atom. The highest BCUT2D eigenvalue weighted by Crippen LogP contribution is 2.75. The van der Waals surface area contributed by atoms with Crippen molar-refractivity contribution in [3.8, 4) is 0 Å². The molecule has 2 aliphatic rings. The lowest BCUT2D eigenvalue weighted by molar-refractivity contribution is 0.292. The zero-order valence-electron chi connectivity index (χ0n) is 31.9. The SMILES string of the molecule is C/C=C\N(c1c(CCC)ccc2c1oc1ccccc12)C(C)C1(CC)CC12c1ccccc1CC2C.CC.CC.CC.CCCC.